The minimum Gasteiger partial charge on any atom is -0.355 e. The highest BCUT2D eigenvalue weighted by Crippen LogP contribution is 2.17. The van der Waals surface area contributed by atoms with Gasteiger partial charge in [0.1, 0.15) is 5.82 Å². The number of anilines is 1. The largest absolute Gasteiger partial charge is 0.355 e. The van der Waals surface area contributed by atoms with Crippen LogP contribution in [0.1, 0.15) is 0 Å². The quantitative estimate of drug-likeness (QED) is 0.856. The molecule has 6 heteroatoms. The zero-order valence-electron chi connectivity index (χ0n) is 8.15. The maximum atomic E-state index is 11.4. The average Bonchev–Trinajstić information content (AvgIpc) is 2.20. The molecule has 1 saturated heterocycles. The number of hydrogen-bond donors (Lipinski definition) is 1. The van der Waals surface area contributed by atoms with Crippen molar-refractivity contribution in [2.24, 2.45) is 0 Å². The maximum Gasteiger partial charge on any atom is 0.128 e. The third kappa shape index (κ3) is 2.69. The number of nitrogens with zero attached hydrogens (tertiary/aromatic N) is 2. The van der Waals surface area contributed by atoms with E-state index in [0.29, 0.717) is 24.6 Å². The molecule has 2 heterocycles. The molecule has 1 fully saturated rings. The summed E-state index contributed by atoms with van der Waals surface area (Å²) < 4.78 is 19.9. The molecule has 15 heavy (non-hydrogen) atoms. The van der Waals surface area contributed by atoms with Gasteiger partial charge in [-0.05, 0) is 28.1 Å². The average molecular weight is 290 g/mol. The summed E-state index contributed by atoms with van der Waals surface area (Å²) in [5.74, 6) is 1.79. The summed E-state index contributed by atoms with van der Waals surface area (Å²) in [6.45, 7) is 1.33. The van der Waals surface area contributed by atoms with Crippen LogP contribution in [0.2, 0.25) is 0 Å². The number of nitrogens with one attached hydrogen (secondary N) is 1. The lowest BCUT2D eigenvalue weighted by Crippen LogP contribution is -2.40. The summed E-state index contributed by atoms with van der Waals surface area (Å²) in [7, 11) is -2.31. The SMILES string of the molecule is N=S1(=O)CCN(c2ccc(Br)cn2)CC1. The smallest absolute Gasteiger partial charge is 0.128 e. The molecule has 0 saturated carbocycles. The van der Waals surface area contributed by atoms with Crippen molar-refractivity contribution in [2.45, 2.75) is 0 Å². The van der Waals surface area contributed by atoms with E-state index in [2.05, 4.69) is 25.8 Å². The van der Waals surface area contributed by atoms with E-state index in [1.807, 2.05) is 12.1 Å². The van der Waals surface area contributed by atoms with Crippen LogP contribution in [-0.4, -0.2) is 33.8 Å². The van der Waals surface area contributed by atoms with Gasteiger partial charge in [-0.2, -0.15) is 0 Å². The summed E-state index contributed by atoms with van der Waals surface area (Å²) in [5, 5.41) is 0. The van der Waals surface area contributed by atoms with Gasteiger partial charge in [-0.15, -0.1) is 0 Å². The monoisotopic (exact) mass is 289 g/mol. The van der Waals surface area contributed by atoms with Crippen molar-refractivity contribution in [3.63, 3.8) is 0 Å². The van der Waals surface area contributed by atoms with Gasteiger partial charge in [-0.1, -0.05) is 0 Å². The molecule has 0 aromatic carbocycles. The molecule has 1 aliphatic heterocycles. The number of aromatic nitrogens is 1. The lowest BCUT2D eigenvalue weighted by molar-refractivity contribution is 0.663. The molecule has 2 rings (SSSR count). The highest BCUT2D eigenvalue weighted by atomic mass is 79.9. The molecule has 1 aromatic rings. The van der Waals surface area contributed by atoms with Gasteiger partial charge in [-0.25, -0.2) is 9.19 Å². The Kier molecular flexibility index (Phi) is 2.97. The molecule has 0 spiro atoms. The van der Waals surface area contributed by atoms with E-state index in [9.17, 15) is 4.21 Å². The van der Waals surface area contributed by atoms with Crippen LogP contribution in [0, 0.1) is 4.78 Å². The first-order valence-electron chi connectivity index (χ1n) is 4.67. The fourth-order valence-electron chi connectivity index (χ4n) is 1.51. The molecule has 0 atom stereocenters. The molecule has 0 unspecified atom stereocenters. The minimum atomic E-state index is -2.31. The molecule has 0 radical (unpaired) electrons. The summed E-state index contributed by atoms with van der Waals surface area (Å²) in [4.78, 5) is 6.35. The Balaban J connectivity index is 2.11. The van der Waals surface area contributed by atoms with Crippen LogP contribution in [0.25, 0.3) is 0 Å². The van der Waals surface area contributed by atoms with Crippen molar-refractivity contribution in [2.75, 3.05) is 29.5 Å². The van der Waals surface area contributed by atoms with Crippen molar-refractivity contribution < 1.29 is 4.21 Å². The van der Waals surface area contributed by atoms with Crippen LogP contribution < -0.4 is 4.90 Å². The van der Waals surface area contributed by atoms with Crippen LogP contribution in [0.5, 0.6) is 0 Å². The first-order valence-corrected chi connectivity index (χ1v) is 7.36. The maximum absolute atomic E-state index is 11.4. The van der Waals surface area contributed by atoms with Gasteiger partial charge in [0.15, 0.2) is 0 Å². The van der Waals surface area contributed by atoms with Crippen molar-refractivity contribution in [3.05, 3.63) is 22.8 Å². The second-order valence-corrected chi connectivity index (χ2v) is 6.90. The Labute approximate surface area is 97.8 Å². The number of rotatable bonds is 1. The predicted octanol–water partition coefficient (Wildman–Crippen LogP) is 1.71. The Bertz CT molecular complexity index is 429. The highest BCUT2D eigenvalue weighted by Gasteiger charge is 2.19. The summed E-state index contributed by atoms with van der Waals surface area (Å²) in [6.07, 6.45) is 1.75. The van der Waals surface area contributed by atoms with E-state index in [1.54, 1.807) is 6.20 Å². The van der Waals surface area contributed by atoms with E-state index in [4.69, 9.17) is 4.78 Å². The van der Waals surface area contributed by atoms with Crippen molar-refractivity contribution in [1.82, 2.24) is 4.98 Å². The third-order valence-corrected chi connectivity index (χ3v) is 4.57. The predicted molar refractivity (Wildman–Crippen MR) is 64.7 cm³/mol. The third-order valence-electron chi connectivity index (χ3n) is 2.42. The van der Waals surface area contributed by atoms with Crippen LogP contribution in [0.4, 0.5) is 5.82 Å². The normalized spacial score (nSPS) is 20.2. The molecular weight excluding hydrogens is 278 g/mol. The van der Waals surface area contributed by atoms with Crippen molar-refractivity contribution in [3.8, 4) is 0 Å². The summed E-state index contributed by atoms with van der Waals surface area (Å²) in [5.41, 5.74) is 0. The van der Waals surface area contributed by atoms with Crippen LogP contribution >= 0.6 is 15.9 Å². The highest BCUT2D eigenvalue weighted by molar-refractivity contribution is 9.10. The van der Waals surface area contributed by atoms with E-state index < -0.39 is 9.73 Å². The molecule has 4 nitrogen and oxygen atoms in total. The van der Waals surface area contributed by atoms with Gasteiger partial charge >= 0.3 is 0 Å². The Morgan fingerprint density at radius 3 is 2.60 bits per heavy atom. The number of pyridine rings is 1. The first kappa shape index (κ1) is 10.9. The van der Waals surface area contributed by atoms with Gasteiger partial charge < -0.3 is 4.90 Å². The molecule has 0 aliphatic carbocycles. The second kappa shape index (κ2) is 4.09. The van der Waals surface area contributed by atoms with Crippen LogP contribution in [0.15, 0.2) is 22.8 Å². The first-order chi connectivity index (χ1) is 7.07. The zero-order chi connectivity index (χ0) is 10.9. The van der Waals surface area contributed by atoms with Crippen LogP contribution in [-0.2, 0) is 9.73 Å². The molecule has 1 aliphatic rings. The van der Waals surface area contributed by atoms with Crippen molar-refractivity contribution in [1.29, 1.82) is 4.78 Å². The van der Waals surface area contributed by atoms with E-state index in [1.165, 1.54) is 0 Å². The van der Waals surface area contributed by atoms with Gasteiger partial charge in [0.2, 0.25) is 0 Å². The second-order valence-electron chi connectivity index (χ2n) is 3.54. The molecule has 1 N–H and O–H groups in total. The Morgan fingerprint density at radius 1 is 1.40 bits per heavy atom. The molecule has 82 valence electrons. The molecule has 0 amide bonds. The van der Waals surface area contributed by atoms with E-state index in [0.717, 1.165) is 10.3 Å². The van der Waals surface area contributed by atoms with Crippen LogP contribution in [0.3, 0.4) is 0 Å². The molecular formula is C9H12BrN3OS. The lowest BCUT2D eigenvalue weighted by atomic mass is 10.4. The summed E-state index contributed by atoms with van der Waals surface area (Å²) in [6, 6.07) is 3.87. The fraction of sp³-hybridized carbons (Fsp3) is 0.444. The number of hydrogen-bond acceptors (Lipinski definition) is 4. The van der Waals surface area contributed by atoms with Crippen molar-refractivity contribution >= 4 is 31.5 Å². The van der Waals surface area contributed by atoms with Gasteiger partial charge in [0, 0.05) is 45.0 Å². The standard InChI is InChI=1S/C9H12BrN3OS/c10-8-1-2-9(12-7-8)13-3-5-15(11,14)6-4-13/h1-2,7,11H,3-6H2. The van der Waals surface area contributed by atoms with Gasteiger partial charge in [0.05, 0.1) is 0 Å². The fourth-order valence-corrected chi connectivity index (χ4v) is 2.98. The zero-order valence-corrected chi connectivity index (χ0v) is 10.6. The molecule has 1 aromatic heterocycles. The van der Waals surface area contributed by atoms with Gasteiger partial charge in [-0.3, -0.25) is 4.78 Å². The summed E-state index contributed by atoms with van der Waals surface area (Å²) >= 11 is 3.33. The minimum absolute atomic E-state index is 0.449. The van der Waals surface area contributed by atoms with Gasteiger partial charge in [0.25, 0.3) is 0 Å². The topological polar surface area (TPSA) is 57.1 Å². The van der Waals surface area contributed by atoms with E-state index in [-0.39, 0.29) is 0 Å². The number of halogens is 1. The molecule has 0 bridgehead atoms. The Hall–Kier alpha value is -0.620. The van der Waals surface area contributed by atoms with E-state index >= 15 is 0 Å². The lowest BCUT2D eigenvalue weighted by Gasteiger charge is -2.28. The Morgan fingerprint density at radius 2 is 2.07 bits per heavy atom.